The van der Waals surface area contributed by atoms with Gasteiger partial charge < -0.3 is 8.92 Å². The van der Waals surface area contributed by atoms with Crippen LogP contribution in [0.3, 0.4) is 0 Å². The third-order valence-electron chi connectivity index (χ3n) is 3.79. The Morgan fingerprint density at radius 1 is 1.07 bits per heavy atom. The van der Waals surface area contributed by atoms with Gasteiger partial charge in [-0.25, -0.2) is 9.37 Å². The van der Waals surface area contributed by atoms with Crippen LogP contribution < -0.4 is 0 Å². The van der Waals surface area contributed by atoms with Crippen molar-refractivity contribution in [2.24, 2.45) is 0 Å². The number of nitrogens with zero attached hydrogens (tertiary/aromatic N) is 4. The summed E-state index contributed by atoms with van der Waals surface area (Å²) in [5.74, 6) is -2.24. The Hall–Kier alpha value is -3.08. The van der Waals surface area contributed by atoms with Crippen LogP contribution in [0.4, 0.5) is 17.6 Å². The first-order chi connectivity index (χ1) is 13.3. The van der Waals surface area contributed by atoms with Crippen LogP contribution in [0.15, 0.2) is 58.2 Å². The van der Waals surface area contributed by atoms with Crippen molar-refractivity contribution < 1.29 is 26.3 Å². The zero-order valence-corrected chi connectivity index (χ0v) is 14.7. The molecule has 0 amide bonds. The van der Waals surface area contributed by atoms with E-state index in [-0.39, 0.29) is 22.0 Å². The Labute approximate surface area is 157 Å². The molecule has 144 valence electrons. The predicted molar refractivity (Wildman–Crippen MR) is 90.0 cm³/mol. The molecule has 0 saturated heterocycles. The van der Waals surface area contributed by atoms with Crippen molar-refractivity contribution in [3.63, 3.8) is 0 Å². The van der Waals surface area contributed by atoms with Crippen molar-refractivity contribution in [1.29, 1.82) is 0 Å². The lowest BCUT2D eigenvalue weighted by atomic mass is 10.3. The van der Waals surface area contributed by atoms with Gasteiger partial charge in [0.25, 0.3) is 0 Å². The third-order valence-corrected chi connectivity index (χ3v) is 5.17. The Balaban J connectivity index is 1.61. The summed E-state index contributed by atoms with van der Waals surface area (Å²) in [6, 6.07) is 8.80. The summed E-state index contributed by atoms with van der Waals surface area (Å²) < 4.78 is 69.7. The first kappa shape index (κ1) is 18.3. The van der Waals surface area contributed by atoms with E-state index in [9.17, 15) is 21.8 Å². The number of halogens is 4. The number of fused-ring (bicyclic) bond motifs is 1. The fraction of sp³-hybridized carbons (Fsp3) is 0.118. The maximum Gasteiger partial charge on any atom is 0.471 e. The highest BCUT2D eigenvalue weighted by Gasteiger charge is 2.38. The van der Waals surface area contributed by atoms with E-state index in [0.29, 0.717) is 11.3 Å². The average Bonchev–Trinajstić information content (AvgIpc) is 3.27. The minimum atomic E-state index is -4.73. The van der Waals surface area contributed by atoms with Crippen LogP contribution >= 0.6 is 0 Å². The van der Waals surface area contributed by atoms with E-state index in [4.69, 9.17) is 0 Å². The molecule has 11 heteroatoms. The summed E-state index contributed by atoms with van der Waals surface area (Å²) in [6.45, 7) is 0. The van der Waals surface area contributed by atoms with Crippen molar-refractivity contribution in [1.82, 2.24) is 19.5 Å². The second-order valence-electron chi connectivity index (χ2n) is 5.76. The number of imidazole rings is 1. The smallest absolute Gasteiger partial charge is 0.329 e. The molecule has 3 aromatic heterocycles. The van der Waals surface area contributed by atoms with Crippen molar-refractivity contribution in [3.05, 3.63) is 66.2 Å². The summed E-state index contributed by atoms with van der Waals surface area (Å²) in [4.78, 5) is 7.70. The second kappa shape index (κ2) is 6.82. The zero-order chi connectivity index (χ0) is 19.9. The highest BCUT2D eigenvalue weighted by Crippen LogP contribution is 2.29. The Morgan fingerprint density at radius 3 is 2.57 bits per heavy atom. The van der Waals surface area contributed by atoms with Crippen LogP contribution in [0.5, 0.6) is 0 Å². The molecule has 0 aliphatic rings. The van der Waals surface area contributed by atoms with Gasteiger partial charge in [-0.1, -0.05) is 17.3 Å². The van der Waals surface area contributed by atoms with Crippen molar-refractivity contribution in [3.8, 4) is 11.4 Å². The zero-order valence-electron chi connectivity index (χ0n) is 13.9. The lowest BCUT2D eigenvalue weighted by Crippen LogP contribution is -2.04. The van der Waals surface area contributed by atoms with Gasteiger partial charge in [-0.2, -0.15) is 18.2 Å². The van der Waals surface area contributed by atoms with E-state index in [1.165, 1.54) is 34.9 Å². The molecular formula is C17H10F4N4O2S. The van der Waals surface area contributed by atoms with Gasteiger partial charge in [0.2, 0.25) is 5.82 Å². The lowest BCUT2D eigenvalue weighted by Gasteiger charge is -2.01. The SMILES string of the molecule is O=S(Cc1cn2cc(-c3noc(C(F)(F)F)n3)ccc2n1)c1ccccc1F. The van der Waals surface area contributed by atoms with E-state index in [0.717, 1.165) is 0 Å². The molecule has 1 aromatic carbocycles. The molecule has 0 aliphatic carbocycles. The van der Waals surface area contributed by atoms with Gasteiger partial charge in [-0.05, 0) is 24.3 Å². The summed E-state index contributed by atoms with van der Waals surface area (Å²) >= 11 is 0. The first-order valence-corrected chi connectivity index (χ1v) is 9.15. The molecule has 0 radical (unpaired) electrons. The van der Waals surface area contributed by atoms with E-state index in [1.807, 2.05) is 0 Å². The van der Waals surface area contributed by atoms with E-state index < -0.39 is 28.7 Å². The molecule has 0 N–H and O–H groups in total. The number of aromatic nitrogens is 4. The first-order valence-electron chi connectivity index (χ1n) is 7.83. The number of rotatable bonds is 4. The predicted octanol–water partition coefficient (Wildman–Crippen LogP) is 3.85. The largest absolute Gasteiger partial charge is 0.471 e. The molecule has 0 bridgehead atoms. The topological polar surface area (TPSA) is 73.3 Å². The quantitative estimate of drug-likeness (QED) is 0.478. The molecule has 4 rings (SSSR count). The molecular weight excluding hydrogens is 400 g/mol. The maximum absolute atomic E-state index is 13.8. The molecule has 4 aromatic rings. The molecule has 3 heterocycles. The van der Waals surface area contributed by atoms with E-state index in [1.54, 1.807) is 18.3 Å². The molecule has 0 aliphatic heterocycles. The molecule has 0 fully saturated rings. The number of hydrogen-bond donors (Lipinski definition) is 0. The summed E-state index contributed by atoms with van der Waals surface area (Å²) in [5, 5.41) is 3.33. The van der Waals surface area contributed by atoms with Crippen molar-refractivity contribution >= 4 is 16.4 Å². The van der Waals surface area contributed by atoms with Gasteiger partial charge in [0.1, 0.15) is 11.5 Å². The molecule has 1 atom stereocenters. The molecule has 0 spiro atoms. The standard InChI is InChI=1S/C17H10F4N4O2S/c18-12-3-1-2-4-13(12)28(26)9-11-8-25-7-10(5-6-14(25)22-11)15-23-16(27-24-15)17(19,20)21/h1-8H,9H2. The van der Waals surface area contributed by atoms with Gasteiger partial charge in [0.05, 0.1) is 27.1 Å². The summed E-state index contributed by atoms with van der Waals surface area (Å²) in [7, 11) is -1.64. The van der Waals surface area contributed by atoms with Crippen molar-refractivity contribution in [2.45, 2.75) is 16.8 Å². The van der Waals surface area contributed by atoms with Gasteiger partial charge in [-0.3, -0.25) is 4.21 Å². The van der Waals surface area contributed by atoms with Crippen molar-refractivity contribution in [2.75, 3.05) is 0 Å². The van der Waals surface area contributed by atoms with E-state index in [2.05, 4.69) is 19.6 Å². The van der Waals surface area contributed by atoms with E-state index >= 15 is 0 Å². The number of hydrogen-bond acceptors (Lipinski definition) is 5. The Bertz CT molecular complexity index is 1190. The Kier molecular flexibility index (Phi) is 4.46. The van der Waals surface area contributed by atoms with Gasteiger partial charge >= 0.3 is 12.1 Å². The third kappa shape index (κ3) is 3.52. The minimum absolute atomic E-state index is 0.0155. The van der Waals surface area contributed by atoms with Crippen LogP contribution in [-0.4, -0.2) is 23.7 Å². The van der Waals surface area contributed by atoms with Crippen LogP contribution in [0.1, 0.15) is 11.6 Å². The minimum Gasteiger partial charge on any atom is -0.329 e. The fourth-order valence-corrected chi connectivity index (χ4v) is 3.62. The van der Waals surface area contributed by atoms with Crippen LogP contribution in [0, 0.1) is 5.82 Å². The molecule has 1 unspecified atom stereocenters. The number of benzene rings is 1. The monoisotopic (exact) mass is 410 g/mol. The van der Waals surface area contributed by atoms with Crippen LogP contribution in [-0.2, 0) is 22.7 Å². The maximum atomic E-state index is 13.8. The highest BCUT2D eigenvalue weighted by atomic mass is 32.2. The normalized spacial score (nSPS) is 13.1. The average molecular weight is 410 g/mol. The van der Waals surface area contributed by atoms with Gasteiger partial charge in [-0.15, -0.1) is 0 Å². The molecule has 6 nitrogen and oxygen atoms in total. The van der Waals surface area contributed by atoms with Crippen LogP contribution in [0.2, 0.25) is 0 Å². The molecule has 0 saturated carbocycles. The lowest BCUT2D eigenvalue weighted by molar-refractivity contribution is -0.159. The van der Waals surface area contributed by atoms with Crippen LogP contribution in [0.25, 0.3) is 17.0 Å². The summed E-state index contributed by atoms with van der Waals surface area (Å²) in [6.07, 6.45) is -1.69. The van der Waals surface area contributed by atoms with Gasteiger partial charge in [0.15, 0.2) is 0 Å². The van der Waals surface area contributed by atoms with Gasteiger partial charge in [0, 0.05) is 18.0 Å². The Morgan fingerprint density at radius 2 is 1.86 bits per heavy atom. The highest BCUT2D eigenvalue weighted by molar-refractivity contribution is 7.84. The number of alkyl halides is 3. The summed E-state index contributed by atoms with van der Waals surface area (Å²) in [5.41, 5.74) is 1.19. The number of pyridine rings is 1. The second-order valence-corrected chi connectivity index (χ2v) is 7.18. The molecule has 28 heavy (non-hydrogen) atoms. The fourth-order valence-electron chi connectivity index (χ4n) is 2.54.